The van der Waals surface area contributed by atoms with E-state index in [1.54, 1.807) is 0 Å². The van der Waals surface area contributed by atoms with Crippen LogP contribution in [0.15, 0.2) is 121 Å². The third-order valence-electron chi connectivity index (χ3n) is 8.51. The van der Waals surface area contributed by atoms with Crippen molar-refractivity contribution < 1.29 is 9.47 Å². The minimum Gasteiger partial charge on any atom is -0.456 e. The Labute approximate surface area is 242 Å². The summed E-state index contributed by atoms with van der Waals surface area (Å²) >= 11 is 6.88. The molecule has 1 unspecified atom stereocenters. The Kier molecular flexibility index (Phi) is 4.71. The SMILES string of the molecule is Cc1ccc2c(c1)Oc1cc(-c3cc4ccccc4c4ccccc34)cc3c1P2(=S)c1c(ccc2ccccc12)O3. The van der Waals surface area contributed by atoms with Crippen molar-refractivity contribution in [1.29, 1.82) is 0 Å². The zero-order valence-corrected chi connectivity index (χ0v) is 23.9. The summed E-state index contributed by atoms with van der Waals surface area (Å²) in [6.45, 7) is 2.10. The quantitative estimate of drug-likeness (QED) is 0.147. The van der Waals surface area contributed by atoms with Crippen LogP contribution in [0.4, 0.5) is 0 Å². The zero-order chi connectivity index (χ0) is 27.3. The number of fused-ring (bicyclic) bond motifs is 9. The van der Waals surface area contributed by atoms with E-state index in [2.05, 4.69) is 128 Å². The molecule has 41 heavy (non-hydrogen) atoms. The van der Waals surface area contributed by atoms with Crippen LogP contribution in [0.25, 0.3) is 43.4 Å². The molecule has 0 bridgehead atoms. The minimum atomic E-state index is -2.50. The predicted octanol–water partition coefficient (Wildman–Crippen LogP) is 9.09. The number of hydrogen-bond donors (Lipinski definition) is 0. The molecule has 0 radical (unpaired) electrons. The van der Waals surface area contributed by atoms with Gasteiger partial charge in [0.2, 0.25) is 0 Å². The topological polar surface area (TPSA) is 18.5 Å². The van der Waals surface area contributed by atoms with Gasteiger partial charge in [0.15, 0.2) is 0 Å². The van der Waals surface area contributed by atoms with E-state index in [9.17, 15) is 0 Å². The van der Waals surface area contributed by atoms with Gasteiger partial charge in [-0.05, 0) is 92.3 Å². The van der Waals surface area contributed by atoms with Crippen LogP contribution in [-0.2, 0) is 11.8 Å². The lowest BCUT2D eigenvalue weighted by Gasteiger charge is -2.38. The van der Waals surface area contributed by atoms with Gasteiger partial charge in [0.05, 0.1) is 11.3 Å². The summed E-state index contributed by atoms with van der Waals surface area (Å²) < 4.78 is 13.5. The molecule has 0 amide bonds. The number of aryl methyl sites for hydroxylation is 1. The van der Waals surface area contributed by atoms with Crippen LogP contribution in [0.1, 0.15) is 5.56 Å². The van der Waals surface area contributed by atoms with E-state index in [0.717, 1.165) is 61.0 Å². The van der Waals surface area contributed by atoms with Crippen LogP contribution < -0.4 is 25.4 Å². The molecule has 0 N–H and O–H groups in total. The van der Waals surface area contributed by atoms with Crippen LogP contribution in [0, 0.1) is 6.92 Å². The molecule has 0 saturated carbocycles. The first-order valence-electron chi connectivity index (χ1n) is 13.8. The summed E-state index contributed by atoms with van der Waals surface area (Å²) in [7, 11) is 0. The molecular formula is C37H23O2PS. The molecule has 1 atom stereocenters. The second-order valence-electron chi connectivity index (χ2n) is 10.9. The average molecular weight is 563 g/mol. The van der Waals surface area contributed by atoms with Gasteiger partial charge in [-0.25, -0.2) is 0 Å². The van der Waals surface area contributed by atoms with Crippen LogP contribution in [0.3, 0.4) is 0 Å². The molecule has 7 aromatic rings. The molecule has 0 aromatic heterocycles. The van der Waals surface area contributed by atoms with E-state index in [0.29, 0.717) is 0 Å². The van der Waals surface area contributed by atoms with Crippen molar-refractivity contribution in [3.63, 3.8) is 0 Å². The highest BCUT2D eigenvalue weighted by molar-refractivity contribution is 8.26. The number of hydrogen-bond acceptors (Lipinski definition) is 3. The Morgan fingerprint density at radius 3 is 1.98 bits per heavy atom. The summed E-state index contributed by atoms with van der Waals surface area (Å²) in [4.78, 5) is 0. The van der Waals surface area contributed by atoms with Gasteiger partial charge < -0.3 is 9.47 Å². The smallest absolute Gasteiger partial charge is 0.140 e. The lowest BCUT2D eigenvalue weighted by Crippen LogP contribution is -2.35. The summed E-state index contributed by atoms with van der Waals surface area (Å²) in [6.07, 6.45) is 0. The van der Waals surface area contributed by atoms with Crippen molar-refractivity contribution in [2.75, 3.05) is 0 Å². The van der Waals surface area contributed by atoms with Crippen LogP contribution in [0.5, 0.6) is 23.0 Å². The Hall–Kier alpha value is -4.43. The highest BCUT2D eigenvalue weighted by Crippen LogP contribution is 2.60. The highest BCUT2D eigenvalue weighted by Gasteiger charge is 2.44. The van der Waals surface area contributed by atoms with Gasteiger partial charge in [0.25, 0.3) is 0 Å². The van der Waals surface area contributed by atoms with Gasteiger partial charge in [0.1, 0.15) is 23.0 Å². The largest absolute Gasteiger partial charge is 0.456 e. The van der Waals surface area contributed by atoms with Gasteiger partial charge in [-0.2, -0.15) is 0 Å². The molecule has 4 heteroatoms. The second-order valence-corrected chi connectivity index (χ2v) is 15.2. The van der Waals surface area contributed by atoms with Crippen molar-refractivity contribution in [3.05, 3.63) is 127 Å². The number of ether oxygens (including phenoxy) is 2. The van der Waals surface area contributed by atoms with Gasteiger partial charge in [-0.1, -0.05) is 96.7 Å². The van der Waals surface area contributed by atoms with E-state index < -0.39 is 6.04 Å². The maximum Gasteiger partial charge on any atom is 0.140 e. The maximum absolute atomic E-state index is 6.88. The molecule has 2 aliphatic heterocycles. The van der Waals surface area contributed by atoms with E-state index in [-0.39, 0.29) is 0 Å². The zero-order valence-electron chi connectivity index (χ0n) is 22.2. The van der Waals surface area contributed by atoms with Gasteiger partial charge >= 0.3 is 0 Å². The van der Waals surface area contributed by atoms with E-state index in [1.165, 1.54) is 26.9 Å². The fourth-order valence-electron chi connectivity index (χ4n) is 6.69. The van der Waals surface area contributed by atoms with Crippen molar-refractivity contribution in [1.82, 2.24) is 0 Å². The Morgan fingerprint density at radius 2 is 1.17 bits per heavy atom. The van der Waals surface area contributed by atoms with Crippen LogP contribution >= 0.6 is 6.04 Å². The monoisotopic (exact) mass is 562 g/mol. The van der Waals surface area contributed by atoms with E-state index in [1.807, 2.05) is 0 Å². The normalized spacial score (nSPS) is 16.5. The first kappa shape index (κ1) is 23.3. The molecule has 194 valence electrons. The Bertz CT molecular complexity index is 2320. The second kappa shape index (κ2) is 8.30. The predicted molar refractivity (Wildman–Crippen MR) is 175 cm³/mol. The molecule has 0 saturated heterocycles. The summed E-state index contributed by atoms with van der Waals surface area (Å²) in [6, 6.07) is 40.5. The third kappa shape index (κ3) is 3.16. The van der Waals surface area contributed by atoms with Crippen LogP contribution in [0.2, 0.25) is 0 Å². The molecule has 0 aliphatic carbocycles. The molecule has 2 aliphatic rings. The molecule has 2 nitrogen and oxygen atoms in total. The molecule has 9 rings (SSSR count). The van der Waals surface area contributed by atoms with Gasteiger partial charge in [-0.15, -0.1) is 0 Å². The molecule has 7 aromatic carbocycles. The van der Waals surface area contributed by atoms with E-state index >= 15 is 0 Å². The lowest BCUT2D eigenvalue weighted by molar-refractivity contribution is 0.467. The fourth-order valence-corrected chi connectivity index (χ4v) is 11.5. The molecule has 0 fully saturated rings. The van der Waals surface area contributed by atoms with Crippen molar-refractivity contribution in [3.8, 4) is 34.1 Å². The first-order valence-corrected chi connectivity index (χ1v) is 16.6. The minimum absolute atomic E-state index is 0.798. The fraction of sp³-hybridized carbons (Fsp3) is 0.0270. The van der Waals surface area contributed by atoms with Crippen molar-refractivity contribution in [2.24, 2.45) is 0 Å². The van der Waals surface area contributed by atoms with Crippen LogP contribution in [-0.4, -0.2) is 0 Å². The standard InChI is InChI=1S/C37H23O2PS/c1-22-14-17-35-32(18-22)39-34-21-25(30-19-24-9-3-4-10-26(24)28-12-6-7-13-29(28)30)20-33-37(34)40(35,41)36-27-11-5-2-8-23(27)15-16-31(36)38-33/h2-21H,1H3. The number of rotatable bonds is 1. The maximum atomic E-state index is 6.88. The first-order chi connectivity index (χ1) is 20.1. The molecule has 2 heterocycles. The van der Waals surface area contributed by atoms with Crippen molar-refractivity contribution >= 4 is 66.1 Å². The summed E-state index contributed by atoms with van der Waals surface area (Å²) in [5.41, 5.74) is 3.36. The molecule has 0 spiro atoms. The Morgan fingerprint density at radius 1 is 0.512 bits per heavy atom. The van der Waals surface area contributed by atoms with E-state index in [4.69, 9.17) is 21.3 Å². The van der Waals surface area contributed by atoms with Crippen molar-refractivity contribution in [2.45, 2.75) is 6.92 Å². The number of benzene rings is 7. The summed E-state index contributed by atoms with van der Waals surface area (Å²) in [5, 5.41) is 10.4. The molecular weight excluding hydrogens is 539 g/mol. The van der Waals surface area contributed by atoms with Gasteiger partial charge in [-0.3, -0.25) is 0 Å². The lowest BCUT2D eigenvalue weighted by atomic mass is 9.93. The summed E-state index contributed by atoms with van der Waals surface area (Å²) in [5.74, 6) is 3.30. The highest BCUT2D eigenvalue weighted by atomic mass is 32.4. The van der Waals surface area contributed by atoms with Gasteiger partial charge in [0, 0.05) is 10.6 Å². The third-order valence-corrected chi connectivity index (χ3v) is 13.4. The average Bonchev–Trinajstić information content (AvgIpc) is 3.00. The Balaban J connectivity index is 1.38.